The molecule has 4 rings (SSSR count). The number of nitrogens with zero attached hydrogens (tertiary/aromatic N) is 2. The normalized spacial score (nSPS) is 14.7. The molecule has 0 bridgehead atoms. The van der Waals surface area contributed by atoms with E-state index in [0.29, 0.717) is 47.1 Å². The van der Waals surface area contributed by atoms with Crippen molar-refractivity contribution in [3.05, 3.63) is 69.0 Å². The second-order valence-corrected chi connectivity index (χ2v) is 11.5. The van der Waals surface area contributed by atoms with Crippen LogP contribution in [0.4, 0.5) is 4.79 Å². The Hall–Kier alpha value is -3.60. The standard InChI is InChI=1S/C29H29Cl2N3O6S/c1-33(2)29(39)40-21-5-3-4-18(15-21)22(16-24(36)37)32-28(38)17-8-11-34(12-9-17)23(35)7-6-19-14-20-10-13-41-27(20)26(31)25(19)30/h3-7,10,13-15,17,22H,8-9,11-12,16H2,1-2H3,(H,32,38)(H,36,37)/b7-6+. The Labute approximate surface area is 251 Å². The third-order valence-corrected chi connectivity index (χ3v) is 8.70. The SMILES string of the molecule is CN(C)C(=O)Oc1cccc(C(CC(=O)O)NC(=O)C2CCN(C(=O)/C=C/c3cc4ccsc4c(Cl)c3Cl)CC2)c1. The van der Waals surface area contributed by atoms with Gasteiger partial charge in [-0.2, -0.15) is 0 Å². The number of carbonyl (C=O) groups is 4. The molecule has 1 aromatic heterocycles. The molecule has 2 aromatic carbocycles. The quantitative estimate of drug-likeness (QED) is 0.306. The van der Waals surface area contributed by atoms with Crippen LogP contribution < -0.4 is 10.1 Å². The van der Waals surface area contributed by atoms with Crippen molar-refractivity contribution in [2.75, 3.05) is 27.2 Å². The molecule has 0 spiro atoms. The van der Waals surface area contributed by atoms with E-state index in [-0.39, 0.29) is 29.9 Å². The van der Waals surface area contributed by atoms with Crippen molar-refractivity contribution in [3.63, 3.8) is 0 Å². The maximum absolute atomic E-state index is 13.1. The van der Waals surface area contributed by atoms with Gasteiger partial charge in [-0.15, -0.1) is 11.3 Å². The van der Waals surface area contributed by atoms with Crippen LogP contribution >= 0.6 is 34.5 Å². The Bertz CT molecular complexity index is 1500. The number of hydrogen-bond acceptors (Lipinski definition) is 6. The average Bonchev–Trinajstić information content (AvgIpc) is 3.42. The lowest BCUT2D eigenvalue weighted by atomic mass is 9.94. The van der Waals surface area contributed by atoms with Gasteiger partial charge in [-0.3, -0.25) is 14.4 Å². The zero-order chi connectivity index (χ0) is 29.7. The Morgan fingerprint density at radius 3 is 2.56 bits per heavy atom. The van der Waals surface area contributed by atoms with E-state index in [1.807, 2.05) is 17.5 Å². The minimum absolute atomic E-state index is 0.200. The molecule has 1 aliphatic heterocycles. The minimum Gasteiger partial charge on any atom is -0.481 e. The zero-order valence-electron chi connectivity index (χ0n) is 22.4. The van der Waals surface area contributed by atoms with E-state index in [1.54, 1.807) is 49.3 Å². The Morgan fingerprint density at radius 2 is 1.88 bits per heavy atom. The van der Waals surface area contributed by atoms with E-state index in [0.717, 1.165) is 10.1 Å². The van der Waals surface area contributed by atoms with Crippen LogP contribution in [0.2, 0.25) is 10.0 Å². The van der Waals surface area contributed by atoms with E-state index in [9.17, 15) is 24.3 Å². The number of carboxylic acids is 1. The first kappa shape index (κ1) is 30.4. The summed E-state index contributed by atoms with van der Waals surface area (Å²) >= 11 is 14.3. The summed E-state index contributed by atoms with van der Waals surface area (Å²) in [6.07, 6.45) is 3.04. The van der Waals surface area contributed by atoms with Crippen LogP contribution in [0.25, 0.3) is 16.2 Å². The van der Waals surface area contributed by atoms with E-state index in [1.165, 1.54) is 22.3 Å². The number of hydrogen-bond donors (Lipinski definition) is 2. The number of fused-ring (bicyclic) bond motifs is 1. The molecular formula is C29H29Cl2N3O6S. The van der Waals surface area contributed by atoms with Crippen LogP contribution in [-0.4, -0.2) is 66.0 Å². The highest BCUT2D eigenvalue weighted by molar-refractivity contribution is 7.18. The molecule has 41 heavy (non-hydrogen) atoms. The van der Waals surface area contributed by atoms with E-state index >= 15 is 0 Å². The third-order valence-electron chi connectivity index (χ3n) is 6.76. The Kier molecular flexibility index (Phi) is 9.90. The van der Waals surface area contributed by atoms with Crippen LogP contribution in [0.3, 0.4) is 0 Å². The molecule has 1 atom stereocenters. The zero-order valence-corrected chi connectivity index (χ0v) is 24.8. The van der Waals surface area contributed by atoms with Gasteiger partial charge in [-0.1, -0.05) is 35.3 Å². The molecule has 0 saturated carbocycles. The summed E-state index contributed by atoms with van der Waals surface area (Å²) in [5.74, 6) is -1.72. The smallest absolute Gasteiger partial charge is 0.414 e. The second kappa shape index (κ2) is 13.4. The van der Waals surface area contributed by atoms with Crippen molar-refractivity contribution in [2.24, 2.45) is 5.92 Å². The van der Waals surface area contributed by atoms with Crippen molar-refractivity contribution in [2.45, 2.75) is 25.3 Å². The van der Waals surface area contributed by atoms with Gasteiger partial charge in [-0.05, 0) is 65.1 Å². The molecular weight excluding hydrogens is 589 g/mol. The number of amides is 3. The highest BCUT2D eigenvalue weighted by Crippen LogP contribution is 2.37. The van der Waals surface area contributed by atoms with E-state index in [4.69, 9.17) is 27.9 Å². The molecule has 1 aliphatic rings. The van der Waals surface area contributed by atoms with Crippen molar-refractivity contribution in [3.8, 4) is 5.75 Å². The largest absolute Gasteiger partial charge is 0.481 e. The summed E-state index contributed by atoms with van der Waals surface area (Å²) in [6.45, 7) is 0.748. The fraction of sp³-hybridized carbons (Fsp3) is 0.310. The summed E-state index contributed by atoms with van der Waals surface area (Å²) < 4.78 is 6.17. The number of likely N-dealkylation sites (tertiary alicyclic amines) is 1. The van der Waals surface area contributed by atoms with Crippen LogP contribution in [-0.2, 0) is 14.4 Å². The topological polar surface area (TPSA) is 116 Å². The number of thiophene rings is 1. The molecule has 216 valence electrons. The molecule has 0 radical (unpaired) electrons. The Morgan fingerprint density at radius 1 is 1.15 bits per heavy atom. The lowest BCUT2D eigenvalue weighted by Crippen LogP contribution is -2.43. The van der Waals surface area contributed by atoms with Crippen LogP contribution in [0.5, 0.6) is 5.75 Å². The molecule has 3 amide bonds. The summed E-state index contributed by atoms with van der Waals surface area (Å²) in [6, 6.07) is 9.42. The number of aliphatic carboxylic acids is 1. The molecule has 0 aliphatic carbocycles. The number of nitrogens with one attached hydrogen (secondary N) is 1. The molecule has 3 aromatic rings. The highest BCUT2D eigenvalue weighted by atomic mass is 35.5. The fourth-order valence-corrected chi connectivity index (χ4v) is 5.96. The monoisotopic (exact) mass is 617 g/mol. The molecule has 2 heterocycles. The summed E-state index contributed by atoms with van der Waals surface area (Å²) in [5.41, 5.74) is 1.15. The van der Waals surface area contributed by atoms with Crippen LogP contribution in [0, 0.1) is 5.92 Å². The van der Waals surface area contributed by atoms with Gasteiger partial charge in [0.15, 0.2) is 0 Å². The molecule has 1 unspecified atom stereocenters. The first-order valence-corrected chi connectivity index (χ1v) is 14.5. The maximum Gasteiger partial charge on any atom is 0.414 e. The molecule has 2 N–H and O–H groups in total. The number of carboxylic acid groups (broad SMARTS) is 1. The molecule has 1 saturated heterocycles. The predicted molar refractivity (Wildman–Crippen MR) is 159 cm³/mol. The number of halogens is 2. The number of carbonyl (C=O) groups excluding carboxylic acids is 3. The number of piperidine rings is 1. The summed E-state index contributed by atoms with van der Waals surface area (Å²) in [4.78, 5) is 52.4. The maximum atomic E-state index is 13.1. The number of ether oxygens (including phenoxy) is 1. The summed E-state index contributed by atoms with van der Waals surface area (Å²) in [5, 5.41) is 16.0. The van der Waals surface area contributed by atoms with Crippen molar-refractivity contribution in [1.29, 1.82) is 0 Å². The molecule has 1 fully saturated rings. The van der Waals surface area contributed by atoms with Gasteiger partial charge in [0.05, 0.1) is 27.2 Å². The first-order valence-electron chi connectivity index (χ1n) is 12.9. The van der Waals surface area contributed by atoms with Gasteiger partial charge >= 0.3 is 12.1 Å². The van der Waals surface area contributed by atoms with Crippen molar-refractivity contribution < 1.29 is 29.0 Å². The van der Waals surface area contributed by atoms with Gasteiger partial charge in [0.2, 0.25) is 11.8 Å². The Balaban J connectivity index is 1.36. The van der Waals surface area contributed by atoms with Gasteiger partial charge in [-0.25, -0.2) is 4.79 Å². The van der Waals surface area contributed by atoms with E-state index in [2.05, 4.69) is 5.32 Å². The highest BCUT2D eigenvalue weighted by Gasteiger charge is 2.29. The van der Waals surface area contributed by atoms with Crippen molar-refractivity contribution >= 4 is 74.6 Å². The van der Waals surface area contributed by atoms with Crippen molar-refractivity contribution in [1.82, 2.24) is 15.1 Å². The summed E-state index contributed by atoms with van der Waals surface area (Å²) in [7, 11) is 3.09. The predicted octanol–water partition coefficient (Wildman–Crippen LogP) is 5.85. The molecule has 12 heteroatoms. The lowest BCUT2D eigenvalue weighted by molar-refractivity contribution is -0.138. The number of benzene rings is 2. The third kappa shape index (κ3) is 7.58. The number of rotatable bonds is 8. The van der Waals surface area contributed by atoms with Gasteiger partial charge in [0.1, 0.15) is 5.75 Å². The minimum atomic E-state index is -1.09. The molecule has 9 nitrogen and oxygen atoms in total. The average molecular weight is 619 g/mol. The first-order chi connectivity index (χ1) is 19.5. The fourth-order valence-electron chi connectivity index (χ4n) is 4.52. The second-order valence-electron chi connectivity index (χ2n) is 9.86. The van der Waals surface area contributed by atoms with Crippen LogP contribution in [0.1, 0.15) is 36.4 Å². The van der Waals surface area contributed by atoms with Crippen LogP contribution in [0.15, 0.2) is 47.9 Å². The van der Waals surface area contributed by atoms with E-state index < -0.39 is 18.1 Å². The van der Waals surface area contributed by atoms with Gasteiger partial charge < -0.3 is 25.0 Å². The van der Waals surface area contributed by atoms with Gasteiger partial charge in [0.25, 0.3) is 0 Å². The van der Waals surface area contributed by atoms with Gasteiger partial charge in [0, 0.05) is 39.2 Å². The lowest BCUT2D eigenvalue weighted by Gasteiger charge is -2.31.